The van der Waals surface area contributed by atoms with Gasteiger partial charge in [-0.1, -0.05) is 0 Å². The molecule has 2 rings (SSSR count). The maximum absolute atomic E-state index is 9.92. The molecule has 0 fully saturated rings. The number of hydrogen-bond acceptors (Lipinski definition) is 3. The molecule has 0 aliphatic carbocycles. The number of aliphatic hydroxyl groups is 1. The largest absolute Gasteiger partial charge is 0.465 e. The van der Waals surface area contributed by atoms with E-state index in [4.69, 9.17) is 4.42 Å². The topological polar surface area (TPSA) is 33.4 Å². The van der Waals surface area contributed by atoms with Gasteiger partial charge < -0.3 is 9.52 Å². The summed E-state index contributed by atoms with van der Waals surface area (Å²) in [4.78, 5) is 1.12. The van der Waals surface area contributed by atoms with Crippen LogP contribution < -0.4 is 0 Å². The van der Waals surface area contributed by atoms with E-state index in [0.29, 0.717) is 12.2 Å². The van der Waals surface area contributed by atoms with Gasteiger partial charge in [-0.25, -0.2) is 0 Å². The van der Waals surface area contributed by atoms with E-state index in [1.165, 1.54) is 0 Å². The van der Waals surface area contributed by atoms with Crippen molar-refractivity contribution >= 4 is 43.2 Å². The number of aliphatic hydroxyl groups excluding tert-OH is 1. The number of rotatable bonds is 3. The smallest absolute Gasteiger partial charge is 0.146 e. The fourth-order valence-corrected chi connectivity index (χ4v) is 3.24. The van der Waals surface area contributed by atoms with Crippen molar-refractivity contribution in [2.24, 2.45) is 0 Å². The minimum Gasteiger partial charge on any atom is -0.465 e. The van der Waals surface area contributed by atoms with Gasteiger partial charge in [0, 0.05) is 21.2 Å². The molecule has 0 aliphatic rings. The van der Waals surface area contributed by atoms with Crippen molar-refractivity contribution in [1.82, 2.24) is 0 Å². The zero-order chi connectivity index (χ0) is 10.8. The predicted octanol–water partition coefficient (Wildman–Crippen LogP) is 4.14. The van der Waals surface area contributed by atoms with E-state index in [1.807, 2.05) is 11.4 Å². The van der Waals surface area contributed by atoms with Gasteiger partial charge in [0.25, 0.3) is 0 Å². The van der Waals surface area contributed by atoms with Crippen LogP contribution in [0, 0.1) is 0 Å². The molecule has 0 radical (unpaired) electrons. The summed E-state index contributed by atoms with van der Waals surface area (Å²) in [6.45, 7) is 0. The summed E-state index contributed by atoms with van der Waals surface area (Å²) in [7, 11) is 0. The monoisotopic (exact) mass is 350 g/mol. The number of hydrogen-bond donors (Lipinski definition) is 1. The SMILES string of the molecule is OC(Cc1cc(Br)cs1)c1occc1Br. The minimum atomic E-state index is -0.597. The van der Waals surface area contributed by atoms with E-state index in [2.05, 4.69) is 31.9 Å². The third-order valence-electron chi connectivity index (χ3n) is 1.96. The molecule has 15 heavy (non-hydrogen) atoms. The lowest BCUT2D eigenvalue weighted by Gasteiger charge is -2.06. The second kappa shape index (κ2) is 4.82. The van der Waals surface area contributed by atoms with E-state index in [1.54, 1.807) is 23.7 Å². The fourth-order valence-electron chi connectivity index (χ4n) is 1.29. The summed E-state index contributed by atoms with van der Waals surface area (Å²) < 4.78 is 7.06. The van der Waals surface area contributed by atoms with E-state index >= 15 is 0 Å². The molecular weight excluding hydrogens is 344 g/mol. The molecular formula is C10H8Br2O2S. The highest BCUT2D eigenvalue weighted by Gasteiger charge is 2.16. The molecule has 1 atom stereocenters. The van der Waals surface area contributed by atoms with Crippen LogP contribution in [0.1, 0.15) is 16.7 Å². The van der Waals surface area contributed by atoms with Crippen LogP contribution in [0.4, 0.5) is 0 Å². The molecule has 0 aromatic carbocycles. The molecule has 0 bridgehead atoms. The Kier molecular flexibility index (Phi) is 3.66. The van der Waals surface area contributed by atoms with Crippen molar-refractivity contribution in [3.63, 3.8) is 0 Å². The molecule has 2 nitrogen and oxygen atoms in total. The van der Waals surface area contributed by atoms with Crippen molar-refractivity contribution in [2.75, 3.05) is 0 Å². The summed E-state index contributed by atoms with van der Waals surface area (Å²) >= 11 is 8.32. The summed E-state index contributed by atoms with van der Waals surface area (Å²) in [5.74, 6) is 0.583. The lowest BCUT2D eigenvalue weighted by Crippen LogP contribution is -1.99. The van der Waals surface area contributed by atoms with E-state index in [9.17, 15) is 5.11 Å². The highest BCUT2D eigenvalue weighted by Crippen LogP contribution is 2.29. The van der Waals surface area contributed by atoms with Crippen LogP contribution in [0.15, 0.2) is 37.1 Å². The Bertz CT molecular complexity index is 450. The Morgan fingerprint density at radius 1 is 1.47 bits per heavy atom. The quantitative estimate of drug-likeness (QED) is 0.901. The van der Waals surface area contributed by atoms with Gasteiger partial charge >= 0.3 is 0 Å². The first-order valence-electron chi connectivity index (χ1n) is 4.30. The van der Waals surface area contributed by atoms with Crippen LogP contribution in [0.25, 0.3) is 0 Å². The van der Waals surface area contributed by atoms with Crippen LogP contribution in [-0.2, 0) is 6.42 Å². The van der Waals surface area contributed by atoms with Gasteiger partial charge in [0.05, 0.1) is 10.7 Å². The molecule has 1 unspecified atom stereocenters. The van der Waals surface area contributed by atoms with Crippen LogP contribution in [0.3, 0.4) is 0 Å². The Morgan fingerprint density at radius 3 is 2.80 bits per heavy atom. The Labute approximate surface area is 108 Å². The van der Waals surface area contributed by atoms with Gasteiger partial charge in [-0.05, 0) is 44.0 Å². The number of halogens is 2. The Hall–Kier alpha value is -0.100. The molecule has 2 aromatic heterocycles. The summed E-state index contributed by atoms with van der Waals surface area (Å²) in [6, 6.07) is 3.79. The molecule has 5 heteroatoms. The van der Waals surface area contributed by atoms with E-state index in [0.717, 1.165) is 13.8 Å². The first kappa shape index (κ1) is 11.4. The second-order valence-corrected chi connectivity index (χ2v) is 5.85. The summed E-state index contributed by atoms with van der Waals surface area (Å²) in [5, 5.41) is 11.9. The average molecular weight is 352 g/mol. The van der Waals surface area contributed by atoms with Gasteiger partial charge in [0.1, 0.15) is 11.9 Å². The molecule has 0 saturated heterocycles. The number of furan rings is 1. The highest BCUT2D eigenvalue weighted by molar-refractivity contribution is 9.10. The van der Waals surface area contributed by atoms with Crippen LogP contribution in [-0.4, -0.2) is 5.11 Å². The zero-order valence-electron chi connectivity index (χ0n) is 7.61. The van der Waals surface area contributed by atoms with Crippen molar-refractivity contribution < 1.29 is 9.52 Å². The van der Waals surface area contributed by atoms with Crippen LogP contribution in [0.2, 0.25) is 0 Å². The lowest BCUT2D eigenvalue weighted by atomic mass is 10.2. The van der Waals surface area contributed by atoms with Crippen molar-refractivity contribution in [3.05, 3.63) is 43.4 Å². The second-order valence-electron chi connectivity index (χ2n) is 3.08. The Morgan fingerprint density at radius 2 is 2.27 bits per heavy atom. The molecule has 0 saturated carbocycles. The van der Waals surface area contributed by atoms with E-state index in [-0.39, 0.29) is 0 Å². The molecule has 2 aromatic rings. The maximum Gasteiger partial charge on any atom is 0.146 e. The molecule has 2 heterocycles. The molecule has 0 spiro atoms. The van der Waals surface area contributed by atoms with Crippen molar-refractivity contribution in [1.29, 1.82) is 0 Å². The van der Waals surface area contributed by atoms with Crippen molar-refractivity contribution in [3.8, 4) is 0 Å². The average Bonchev–Trinajstić information content (AvgIpc) is 2.75. The van der Waals surface area contributed by atoms with Crippen LogP contribution >= 0.6 is 43.2 Å². The van der Waals surface area contributed by atoms with Gasteiger partial charge in [-0.3, -0.25) is 0 Å². The first-order chi connectivity index (χ1) is 7.16. The molecule has 1 N–H and O–H groups in total. The third-order valence-corrected chi connectivity index (χ3v) is 4.34. The molecule has 0 amide bonds. The molecule has 80 valence electrons. The van der Waals surface area contributed by atoms with E-state index < -0.39 is 6.10 Å². The minimum absolute atomic E-state index is 0.572. The standard InChI is InChI=1S/C10H8Br2O2S/c11-6-3-7(15-5-6)4-9(13)10-8(12)1-2-14-10/h1-3,5,9,13H,4H2. The van der Waals surface area contributed by atoms with Gasteiger partial charge in [0.15, 0.2) is 0 Å². The predicted molar refractivity (Wildman–Crippen MR) is 67.1 cm³/mol. The zero-order valence-corrected chi connectivity index (χ0v) is 11.6. The van der Waals surface area contributed by atoms with Crippen molar-refractivity contribution in [2.45, 2.75) is 12.5 Å². The Balaban J connectivity index is 2.10. The van der Waals surface area contributed by atoms with Gasteiger partial charge in [0.2, 0.25) is 0 Å². The summed E-state index contributed by atoms with van der Waals surface area (Å²) in [5.41, 5.74) is 0. The number of thiophene rings is 1. The van der Waals surface area contributed by atoms with Crippen LogP contribution in [0.5, 0.6) is 0 Å². The summed E-state index contributed by atoms with van der Waals surface area (Å²) in [6.07, 6.45) is 1.54. The molecule has 0 aliphatic heterocycles. The maximum atomic E-state index is 9.92. The normalized spacial score (nSPS) is 13.0. The highest BCUT2D eigenvalue weighted by atomic mass is 79.9. The first-order valence-corrected chi connectivity index (χ1v) is 6.77. The van der Waals surface area contributed by atoms with Gasteiger partial charge in [-0.2, -0.15) is 0 Å². The van der Waals surface area contributed by atoms with Gasteiger partial charge in [-0.15, -0.1) is 11.3 Å². The third kappa shape index (κ3) is 2.72. The lowest BCUT2D eigenvalue weighted by molar-refractivity contribution is 0.150. The fraction of sp³-hybridized carbons (Fsp3) is 0.200.